The van der Waals surface area contributed by atoms with Gasteiger partial charge in [0.05, 0.1) is 17.7 Å². The van der Waals surface area contributed by atoms with E-state index in [0.717, 1.165) is 10.0 Å². The Morgan fingerprint density at radius 1 is 1.19 bits per heavy atom. The molecular formula is C19H14BrNO4S2. The number of thioether (sulfide) groups is 1. The number of esters is 1. The molecule has 0 aromatic heterocycles. The maximum absolute atomic E-state index is 12.8. The Labute approximate surface area is 174 Å². The molecule has 0 bridgehead atoms. The second-order valence-corrected chi connectivity index (χ2v) is 8.09. The Hall–Kier alpha value is -2.16. The van der Waals surface area contributed by atoms with E-state index in [-0.39, 0.29) is 5.91 Å². The smallest absolute Gasteiger partial charge is 0.308 e. The fraction of sp³-hybridized carbons (Fsp3) is 0.105. The van der Waals surface area contributed by atoms with Crippen LogP contribution in [0.1, 0.15) is 12.5 Å². The van der Waals surface area contributed by atoms with Gasteiger partial charge in [-0.1, -0.05) is 46.0 Å². The average Bonchev–Trinajstić information content (AvgIpc) is 2.90. The van der Waals surface area contributed by atoms with E-state index in [9.17, 15) is 9.59 Å². The zero-order valence-electron chi connectivity index (χ0n) is 14.4. The molecule has 0 radical (unpaired) electrons. The fourth-order valence-corrected chi connectivity index (χ4v) is 4.01. The number of hydrogen-bond acceptors (Lipinski definition) is 6. The second kappa shape index (κ2) is 8.24. The molecule has 2 aromatic rings. The highest BCUT2D eigenvalue weighted by molar-refractivity contribution is 9.10. The Kier molecular flexibility index (Phi) is 5.98. The SMILES string of the molecule is COc1cc(/C=C2\SC(=S)N(c3ccc(Br)cc3)C2=O)ccc1OC(C)=O. The van der Waals surface area contributed by atoms with Crippen molar-refractivity contribution in [1.82, 2.24) is 0 Å². The lowest BCUT2D eigenvalue weighted by Crippen LogP contribution is -2.27. The third kappa shape index (κ3) is 4.40. The first-order chi connectivity index (χ1) is 12.9. The summed E-state index contributed by atoms with van der Waals surface area (Å²) in [6, 6.07) is 12.4. The van der Waals surface area contributed by atoms with Crippen LogP contribution < -0.4 is 14.4 Å². The Bertz CT molecular complexity index is 957. The minimum absolute atomic E-state index is 0.185. The van der Waals surface area contributed by atoms with Gasteiger partial charge >= 0.3 is 5.97 Å². The van der Waals surface area contributed by atoms with Gasteiger partial charge in [-0.2, -0.15) is 0 Å². The van der Waals surface area contributed by atoms with Crippen LogP contribution in [-0.2, 0) is 9.59 Å². The van der Waals surface area contributed by atoms with Crippen molar-refractivity contribution in [2.45, 2.75) is 6.92 Å². The van der Waals surface area contributed by atoms with Crippen LogP contribution in [0.4, 0.5) is 5.69 Å². The summed E-state index contributed by atoms with van der Waals surface area (Å²) < 4.78 is 11.7. The van der Waals surface area contributed by atoms with Crippen LogP contribution in [0.5, 0.6) is 11.5 Å². The Balaban J connectivity index is 1.89. The largest absolute Gasteiger partial charge is 0.493 e. The summed E-state index contributed by atoms with van der Waals surface area (Å²) in [7, 11) is 1.49. The van der Waals surface area contributed by atoms with E-state index in [1.54, 1.807) is 24.3 Å². The molecule has 2 aromatic carbocycles. The average molecular weight is 464 g/mol. The molecule has 27 heavy (non-hydrogen) atoms. The number of ether oxygens (including phenoxy) is 2. The minimum atomic E-state index is -0.434. The quantitative estimate of drug-likeness (QED) is 0.281. The molecule has 1 heterocycles. The molecule has 138 valence electrons. The molecule has 0 atom stereocenters. The molecule has 0 unspecified atom stereocenters. The van der Waals surface area contributed by atoms with Gasteiger partial charge in [-0.05, 0) is 48.0 Å². The van der Waals surface area contributed by atoms with Gasteiger partial charge in [-0.25, -0.2) is 0 Å². The summed E-state index contributed by atoms with van der Waals surface area (Å²) in [5.74, 6) is 0.110. The Morgan fingerprint density at radius 3 is 2.52 bits per heavy atom. The highest BCUT2D eigenvalue weighted by atomic mass is 79.9. The van der Waals surface area contributed by atoms with E-state index in [4.69, 9.17) is 21.7 Å². The van der Waals surface area contributed by atoms with Crippen LogP contribution in [-0.4, -0.2) is 23.3 Å². The van der Waals surface area contributed by atoms with E-state index in [1.165, 1.54) is 30.7 Å². The first-order valence-corrected chi connectivity index (χ1v) is 9.81. The summed E-state index contributed by atoms with van der Waals surface area (Å²) in [5, 5.41) is 0. The van der Waals surface area contributed by atoms with Crippen molar-refractivity contribution in [2.75, 3.05) is 12.0 Å². The number of thiocarbonyl (C=S) groups is 1. The van der Waals surface area contributed by atoms with Gasteiger partial charge in [-0.3, -0.25) is 14.5 Å². The molecule has 5 nitrogen and oxygen atoms in total. The van der Waals surface area contributed by atoms with Crippen LogP contribution >= 0.6 is 39.9 Å². The summed E-state index contributed by atoms with van der Waals surface area (Å²) in [4.78, 5) is 26.0. The zero-order chi connectivity index (χ0) is 19.6. The summed E-state index contributed by atoms with van der Waals surface area (Å²) in [6.45, 7) is 1.32. The van der Waals surface area contributed by atoms with E-state index in [0.29, 0.717) is 26.4 Å². The maximum Gasteiger partial charge on any atom is 0.308 e. The van der Waals surface area contributed by atoms with E-state index >= 15 is 0 Å². The van der Waals surface area contributed by atoms with Crippen molar-refractivity contribution < 1.29 is 19.1 Å². The highest BCUT2D eigenvalue weighted by Gasteiger charge is 2.33. The fourth-order valence-electron chi connectivity index (χ4n) is 2.44. The number of nitrogens with zero attached hydrogens (tertiary/aromatic N) is 1. The normalized spacial score (nSPS) is 15.4. The lowest BCUT2D eigenvalue weighted by atomic mass is 10.2. The predicted molar refractivity (Wildman–Crippen MR) is 114 cm³/mol. The number of amides is 1. The molecule has 1 aliphatic rings. The van der Waals surface area contributed by atoms with Crippen LogP contribution in [0.2, 0.25) is 0 Å². The van der Waals surface area contributed by atoms with Crippen molar-refractivity contribution in [3.05, 3.63) is 57.4 Å². The van der Waals surface area contributed by atoms with Crippen molar-refractivity contribution >= 4 is 67.9 Å². The van der Waals surface area contributed by atoms with Gasteiger partial charge in [0.1, 0.15) is 0 Å². The lowest BCUT2D eigenvalue weighted by molar-refractivity contribution is -0.132. The van der Waals surface area contributed by atoms with Gasteiger partial charge in [0.2, 0.25) is 0 Å². The molecule has 1 fully saturated rings. The zero-order valence-corrected chi connectivity index (χ0v) is 17.6. The number of halogens is 1. The highest BCUT2D eigenvalue weighted by Crippen LogP contribution is 2.37. The standard InChI is InChI=1S/C19H14BrNO4S2/c1-11(22)25-15-8-3-12(9-16(15)24-2)10-17-18(23)21(19(26)27-17)14-6-4-13(20)5-7-14/h3-10H,1-2H3/b17-10-. The van der Waals surface area contributed by atoms with Crippen molar-refractivity contribution in [1.29, 1.82) is 0 Å². The molecule has 0 spiro atoms. The molecule has 0 saturated carbocycles. The van der Waals surface area contributed by atoms with Crippen molar-refractivity contribution in [3.8, 4) is 11.5 Å². The van der Waals surface area contributed by atoms with Gasteiger partial charge in [0.15, 0.2) is 15.8 Å². The first-order valence-electron chi connectivity index (χ1n) is 7.79. The number of rotatable bonds is 4. The molecule has 1 amide bonds. The number of carbonyl (C=O) groups excluding carboxylic acids is 2. The van der Waals surface area contributed by atoms with Gasteiger partial charge in [0.25, 0.3) is 5.91 Å². The molecule has 8 heteroatoms. The van der Waals surface area contributed by atoms with E-state index in [1.807, 2.05) is 24.3 Å². The van der Waals surface area contributed by atoms with Crippen LogP contribution in [0.25, 0.3) is 6.08 Å². The van der Waals surface area contributed by atoms with Gasteiger partial charge < -0.3 is 9.47 Å². The lowest BCUT2D eigenvalue weighted by Gasteiger charge is -2.14. The molecule has 0 aliphatic carbocycles. The van der Waals surface area contributed by atoms with Crippen LogP contribution in [0, 0.1) is 0 Å². The summed E-state index contributed by atoms with van der Waals surface area (Å²) in [6.07, 6.45) is 1.73. The minimum Gasteiger partial charge on any atom is -0.493 e. The van der Waals surface area contributed by atoms with Crippen molar-refractivity contribution in [2.24, 2.45) is 0 Å². The third-order valence-electron chi connectivity index (χ3n) is 3.62. The van der Waals surface area contributed by atoms with Crippen LogP contribution in [0.15, 0.2) is 51.8 Å². The third-order valence-corrected chi connectivity index (χ3v) is 5.45. The predicted octanol–water partition coefficient (Wildman–Crippen LogP) is 4.79. The second-order valence-electron chi connectivity index (χ2n) is 5.50. The van der Waals surface area contributed by atoms with Crippen molar-refractivity contribution in [3.63, 3.8) is 0 Å². The molecular weight excluding hydrogens is 450 g/mol. The first kappa shape index (κ1) is 19.6. The van der Waals surface area contributed by atoms with Gasteiger partial charge in [-0.15, -0.1) is 0 Å². The van der Waals surface area contributed by atoms with Crippen LogP contribution in [0.3, 0.4) is 0 Å². The topological polar surface area (TPSA) is 55.8 Å². The number of benzene rings is 2. The molecule has 1 aliphatic heterocycles. The number of hydrogen-bond donors (Lipinski definition) is 0. The number of carbonyl (C=O) groups is 2. The van der Waals surface area contributed by atoms with E-state index < -0.39 is 5.97 Å². The molecule has 1 saturated heterocycles. The van der Waals surface area contributed by atoms with E-state index in [2.05, 4.69) is 15.9 Å². The molecule has 3 rings (SSSR count). The van der Waals surface area contributed by atoms with Gasteiger partial charge in [0, 0.05) is 11.4 Å². The Morgan fingerprint density at radius 2 is 1.89 bits per heavy atom. The summed E-state index contributed by atoms with van der Waals surface area (Å²) in [5.41, 5.74) is 1.45. The monoisotopic (exact) mass is 463 g/mol. The number of methoxy groups -OCH3 is 1. The molecule has 0 N–H and O–H groups in total. The maximum atomic E-state index is 12.8. The number of anilines is 1. The summed E-state index contributed by atoms with van der Waals surface area (Å²) >= 11 is 9.99.